The molecule has 0 aliphatic heterocycles. The lowest BCUT2D eigenvalue weighted by Gasteiger charge is -2.18. The van der Waals surface area contributed by atoms with Crippen molar-refractivity contribution in [2.24, 2.45) is 11.1 Å². The molecule has 3 N–H and O–H groups in total. The van der Waals surface area contributed by atoms with E-state index >= 15 is 0 Å². The fourth-order valence-electron chi connectivity index (χ4n) is 2.52. The first-order chi connectivity index (χ1) is 8.56. The van der Waals surface area contributed by atoms with Crippen molar-refractivity contribution in [2.75, 3.05) is 11.9 Å². The van der Waals surface area contributed by atoms with Gasteiger partial charge in [0.2, 0.25) is 0 Å². The van der Waals surface area contributed by atoms with Crippen LogP contribution in [-0.4, -0.2) is 11.5 Å². The number of rotatable bonds is 6. The lowest BCUT2D eigenvalue weighted by Crippen LogP contribution is -2.19. The molecule has 1 aliphatic carbocycles. The molecular weight excluding hydrogens is 240 g/mol. The van der Waals surface area contributed by atoms with Gasteiger partial charge >= 0.3 is 0 Å². The molecule has 3 heteroatoms. The minimum absolute atomic E-state index is 0.474. The molecule has 0 bridgehead atoms. The topological polar surface area (TPSA) is 38.0 Å². The lowest BCUT2D eigenvalue weighted by molar-refractivity contribution is 0.485. The third-order valence-electron chi connectivity index (χ3n) is 3.83. The predicted molar refractivity (Wildman–Crippen MR) is 82.1 cm³/mol. The molecule has 1 fully saturated rings. The molecule has 0 spiro atoms. The lowest BCUT2D eigenvalue weighted by atomic mass is 10.0. The summed E-state index contributed by atoms with van der Waals surface area (Å²) in [6.07, 6.45) is 5.27. The Bertz CT molecular complexity index is 450. The highest BCUT2D eigenvalue weighted by molar-refractivity contribution is 7.80. The van der Waals surface area contributed by atoms with Crippen molar-refractivity contribution in [3.63, 3.8) is 0 Å². The van der Waals surface area contributed by atoms with Crippen molar-refractivity contribution in [1.29, 1.82) is 0 Å². The fraction of sp³-hybridized carbons (Fsp3) is 0.533. The van der Waals surface area contributed by atoms with Crippen LogP contribution in [-0.2, 0) is 0 Å². The number of benzene rings is 1. The molecule has 1 saturated carbocycles. The van der Waals surface area contributed by atoms with Gasteiger partial charge in [-0.25, -0.2) is 0 Å². The normalized spacial score (nSPS) is 16.3. The number of hydrogen-bond acceptors (Lipinski definition) is 2. The van der Waals surface area contributed by atoms with E-state index in [2.05, 4.69) is 37.4 Å². The van der Waals surface area contributed by atoms with Crippen LogP contribution in [0.15, 0.2) is 18.2 Å². The molecule has 98 valence electrons. The summed E-state index contributed by atoms with van der Waals surface area (Å²) in [5.74, 6) is 0. The van der Waals surface area contributed by atoms with E-state index in [1.807, 2.05) is 0 Å². The monoisotopic (exact) mass is 262 g/mol. The third kappa shape index (κ3) is 3.02. The standard InChI is InChI=1S/C15H22N2S/c1-3-6-15(7-8-15)10-17-13-5-4-11(2)9-12(13)14(16)18/h4-5,9,17H,3,6-8,10H2,1-2H3,(H2,16,18). The molecular formula is C15H22N2S. The Morgan fingerprint density at radius 1 is 1.44 bits per heavy atom. The Kier molecular flexibility index (Phi) is 3.91. The van der Waals surface area contributed by atoms with E-state index in [0.29, 0.717) is 10.4 Å². The number of nitrogens with two attached hydrogens (primary N) is 1. The molecule has 0 unspecified atom stereocenters. The maximum Gasteiger partial charge on any atom is 0.106 e. The predicted octanol–water partition coefficient (Wildman–Crippen LogP) is 3.62. The van der Waals surface area contributed by atoms with Crippen molar-refractivity contribution >= 4 is 22.9 Å². The van der Waals surface area contributed by atoms with Crippen LogP contribution in [0.5, 0.6) is 0 Å². The van der Waals surface area contributed by atoms with Crippen LogP contribution in [0.4, 0.5) is 5.69 Å². The number of aryl methyl sites for hydroxylation is 1. The van der Waals surface area contributed by atoms with Crippen molar-refractivity contribution < 1.29 is 0 Å². The van der Waals surface area contributed by atoms with Crippen molar-refractivity contribution in [1.82, 2.24) is 0 Å². The van der Waals surface area contributed by atoms with Crippen molar-refractivity contribution in [3.05, 3.63) is 29.3 Å². The fourth-order valence-corrected chi connectivity index (χ4v) is 2.69. The van der Waals surface area contributed by atoms with Gasteiger partial charge in [0.15, 0.2) is 0 Å². The molecule has 0 aromatic heterocycles. The summed E-state index contributed by atoms with van der Waals surface area (Å²) < 4.78 is 0. The smallest absolute Gasteiger partial charge is 0.106 e. The van der Waals surface area contributed by atoms with Gasteiger partial charge in [0.25, 0.3) is 0 Å². The highest BCUT2D eigenvalue weighted by Gasteiger charge is 2.41. The average Bonchev–Trinajstić information content (AvgIpc) is 3.08. The van der Waals surface area contributed by atoms with Gasteiger partial charge in [0, 0.05) is 17.8 Å². The summed E-state index contributed by atoms with van der Waals surface area (Å²) in [4.78, 5) is 0.474. The molecule has 1 aromatic rings. The second kappa shape index (κ2) is 5.27. The summed E-state index contributed by atoms with van der Waals surface area (Å²) in [7, 11) is 0. The maximum absolute atomic E-state index is 5.79. The first-order valence-electron chi connectivity index (χ1n) is 6.71. The summed E-state index contributed by atoms with van der Waals surface area (Å²) in [6, 6.07) is 6.25. The van der Waals surface area contributed by atoms with E-state index in [1.165, 1.54) is 31.2 Å². The van der Waals surface area contributed by atoms with E-state index in [9.17, 15) is 0 Å². The van der Waals surface area contributed by atoms with Gasteiger partial charge in [-0.1, -0.05) is 37.2 Å². The Balaban J connectivity index is 2.07. The van der Waals surface area contributed by atoms with Crippen LogP contribution >= 0.6 is 12.2 Å². The van der Waals surface area contributed by atoms with E-state index in [4.69, 9.17) is 18.0 Å². The van der Waals surface area contributed by atoms with Crippen molar-refractivity contribution in [2.45, 2.75) is 39.5 Å². The first-order valence-corrected chi connectivity index (χ1v) is 7.11. The number of hydrogen-bond donors (Lipinski definition) is 2. The summed E-state index contributed by atoms with van der Waals surface area (Å²) in [6.45, 7) is 5.36. The molecule has 0 heterocycles. The minimum atomic E-state index is 0.474. The zero-order valence-electron chi connectivity index (χ0n) is 11.3. The minimum Gasteiger partial charge on any atom is -0.389 e. The Morgan fingerprint density at radius 2 is 2.17 bits per heavy atom. The largest absolute Gasteiger partial charge is 0.389 e. The highest BCUT2D eigenvalue weighted by Crippen LogP contribution is 2.49. The maximum atomic E-state index is 5.79. The molecule has 0 amide bonds. The van der Waals surface area contributed by atoms with Crippen LogP contribution in [0, 0.1) is 12.3 Å². The number of thiocarbonyl (C=S) groups is 1. The second-order valence-electron chi connectivity index (χ2n) is 5.52. The highest BCUT2D eigenvalue weighted by atomic mass is 32.1. The molecule has 0 radical (unpaired) electrons. The van der Waals surface area contributed by atoms with Crippen LogP contribution < -0.4 is 11.1 Å². The quantitative estimate of drug-likeness (QED) is 0.769. The molecule has 2 nitrogen and oxygen atoms in total. The van der Waals surface area contributed by atoms with Crippen LogP contribution in [0.25, 0.3) is 0 Å². The average molecular weight is 262 g/mol. The number of nitrogens with one attached hydrogen (secondary N) is 1. The molecule has 0 atom stereocenters. The van der Waals surface area contributed by atoms with Gasteiger partial charge in [-0.05, 0) is 43.7 Å². The van der Waals surface area contributed by atoms with E-state index < -0.39 is 0 Å². The van der Waals surface area contributed by atoms with Gasteiger partial charge in [-0.15, -0.1) is 0 Å². The SMILES string of the molecule is CCCC1(CNc2ccc(C)cc2C(N)=S)CC1. The Labute approximate surface area is 115 Å². The first kappa shape index (κ1) is 13.3. The van der Waals surface area contributed by atoms with Gasteiger partial charge in [-0.2, -0.15) is 0 Å². The van der Waals surface area contributed by atoms with Gasteiger partial charge < -0.3 is 11.1 Å². The summed E-state index contributed by atoms with van der Waals surface area (Å²) >= 11 is 5.12. The molecule has 2 rings (SSSR count). The molecule has 1 aliphatic rings. The zero-order chi connectivity index (χ0) is 13.2. The van der Waals surface area contributed by atoms with Crippen LogP contribution in [0.2, 0.25) is 0 Å². The van der Waals surface area contributed by atoms with Gasteiger partial charge in [-0.3, -0.25) is 0 Å². The van der Waals surface area contributed by atoms with Gasteiger partial charge in [0.05, 0.1) is 0 Å². The summed E-state index contributed by atoms with van der Waals surface area (Å²) in [5.41, 5.74) is 9.56. The van der Waals surface area contributed by atoms with E-state index in [1.54, 1.807) is 0 Å². The Morgan fingerprint density at radius 3 is 2.72 bits per heavy atom. The summed E-state index contributed by atoms with van der Waals surface area (Å²) in [5, 5.41) is 3.54. The van der Waals surface area contributed by atoms with E-state index in [0.717, 1.165) is 17.8 Å². The molecule has 1 aromatic carbocycles. The van der Waals surface area contributed by atoms with Crippen LogP contribution in [0.1, 0.15) is 43.7 Å². The Hall–Kier alpha value is -1.09. The third-order valence-corrected chi connectivity index (χ3v) is 4.05. The van der Waals surface area contributed by atoms with Gasteiger partial charge in [0.1, 0.15) is 4.99 Å². The number of anilines is 1. The zero-order valence-corrected chi connectivity index (χ0v) is 12.1. The van der Waals surface area contributed by atoms with Crippen molar-refractivity contribution in [3.8, 4) is 0 Å². The van der Waals surface area contributed by atoms with Crippen LogP contribution in [0.3, 0.4) is 0 Å². The molecule has 0 saturated heterocycles. The second-order valence-corrected chi connectivity index (χ2v) is 5.96. The van der Waals surface area contributed by atoms with E-state index in [-0.39, 0.29) is 0 Å². The molecule has 18 heavy (non-hydrogen) atoms.